The molecule has 0 amide bonds. The second-order valence-corrected chi connectivity index (χ2v) is 15.2. The van der Waals surface area contributed by atoms with Crippen LogP contribution in [0.5, 0.6) is 0 Å². The molecule has 3 heteroatoms. The lowest BCUT2D eigenvalue weighted by atomic mass is 9.81. The van der Waals surface area contributed by atoms with Crippen LogP contribution in [0, 0.1) is 0 Å². The largest absolute Gasteiger partial charge is 0.455 e. The Bertz CT molecular complexity index is 2480. The molecule has 0 fully saturated rings. The molecule has 3 nitrogen and oxygen atoms in total. The second kappa shape index (κ2) is 12.2. The van der Waals surface area contributed by atoms with Gasteiger partial charge in [-0.3, -0.25) is 0 Å². The van der Waals surface area contributed by atoms with E-state index in [4.69, 9.17) is 13.8 Å². The molecule has 0 spiro atoms. The highest BCUT2D eigenvalue weighted by Crippen LogP contribution is 2.44. The van der Waals surface area contributed by atoms with E-state index >= 15 is 0 Å². The average molecular weight is 654 g/mol. The first-order chi connectivity index (χ1) is 24.1. The smallest absolute Gasteiger partial charge is 0.231 e. The van der Waals surface area contributed by atoms with Gasteiger partial charge >= 0.3 is 0 Å². The van der Waals surface area contributed by atoms with E-state index in [0.29, 0.717) is 17.7 Å². The van der Waals surface area contributed by atoms with Crippen molar-refractivity contribution < 1.29 is 8.83 Å². The molecule has 8 aromatic rings. The molecule has 0 unspecified atom stereocenters. The van der Waals surface area contributed by atoms with Crippen molar-refractivity contribution in [2.45, 2.75) is 65.7 Å². The average Bonchev–Trinajstić information content (AvgIpc) is 3.72. The summed E-state index contributed by atoms with van der Waals surface area (Å²) in [7, 11) is 0. The van der Waals surface area contributed by atoms with Crippen LogP contribution in [-0.2, 0) is 5.41 Å². The summed E-state index contributed by atoms with van der Waals surface area (Å²) in [6.45, 7) is 15.9. The molecule has 0 aliphatic rings. The highest BCUT2D eigenvalue weighted by molar-refractivity contribution is 6.10. The Morgan fingerprint density at radius 2 is 1.16 bits per heavy atom. The van der Waals surface area contributed by atoms with Crippen LogP contribution < -0.4 is 0 Å². The zero-order chi connectivity index (χ0) is 34.7. The lowest BCUT2D eigenvalue weighted by Gasteiger charge is -2.23. The van der Waals surface area contributed by atoms with E-state index in [2.05, 4.69) is 152 Å². The van der Waals surface area contributed by atoms with Crippen molar-refractivity contribution in [2.24, 2.45) is 0 Å². The topological polar surface area (TPSA) is 39.2 Å². The minimum Gasteiger partial charge on any atom is -0.455 e. The van der Waals surface area contributed by atoms with Crippen molar-refractivity contribution in [3.63, 3.8) is 0 Å². The predicted octanol–water partition coefficient (Wildman–Crippen LogP) is 13.9. The van der Waals surface area contributed by atoms with Crippen LogP contribution >= 0.6 is 0 Å². The van der Waals surface area contributed by atoms with Gasteiger partial charge in [-0.05, 0) is 86.0 Å². The number of fused-ring (bicyclic) bond motifs is 4. The maximum Gasteiger partial charge on any atom is 0.231 e. The van der Waals surface area contributed by atoms with Crippen LogP contribution in [0.4, 0.5) is 0 Å². The molecule has 2 aromatic heterocycles. The van der Waals surface area contributed by atoms with Gasteiger partial charge in [-0.2, -0.15) is 0 Å². The third kappa shape index (κ3) is 5.51. The monoisotopic (exact) mass is 653 g/mol. The summed E-state index contributed by atoms with van der Waals surface area (Å²) in [5.74, 6) is 1.17. The number of nitrogens with zero attached hydrogens (tertiary/aromatic N) is 1. The number of oxazole rings is 1. The van der Waals surface area contributed by atoms with Gasteiger partial charge in [0.2, 0.25) is 5.89 Å². The summed E-state index contributed by atoms with van der Waals surface area (Å²) in [5, 5.41) is 2.13. The molecule has 0 bridgehead atoms. The molecule has 0 atom stereocenters. The van der Waals surface area contributed by atoms with Crippen LogP contribution in [0.25, 0.3) is 77.9 Å². The zero-order valence-corrected chi connectivity index (χ0v) is 30.0. The molecule has 0 radical (unpaired) electrons. The van der Waals surface area contributed by atoms with Crippen molar-refractivity contribution in [1.82, 2.24) is 4.98 Å². The van der Waals surface area contributed by atoms with Crippen LogP contribution in [0.2, 0.25) is 0 Å². The fraction of sp³-hybridized carbons (Fsp3) is 0.213. The van der Waals surface area contributed by atoms with Crippen molar-refractivity contribution in [3.05, 3.63) is 138 Å². The summed E-state index contributed by atoms with van der Waals surface area (Å²) >= 11 is 0. The van der Waals surface area contributed by atoms with E-state index in [9.17, 15) is 0 Å². The lowest BCUT2D eigenvalue weighted by molar-refractivity contribution is 0.590. The third-order valence-electron chi connectivity index (χ3n) is 10.0. The van der Waals surface area contributed by atoms with Gasteiger partial charge in [0.15, 0.2) is 5.58 Å². The fourth-order valence-corrected chi connectivity index (χ4v) is 7.28. The highest BCUT2D eigenvalue weighted by atomic mass is 16.4. The molecule has 6 aromatic carbocycles. The quantitative estimate of drug-likeness (QED) is 0.179. The normalized spacial score (nSPS) is 12.3. The molecule has 0 aliphatic heterocycles. The zero-order valence-electron chi connectivity index (χ0n) is 30.0. The fourth-order valence-electron chi connectivity index (χ4n) is 7.28. The predicted molar refractivity (Wildman–Crippen MR) is 210 cm³/mol. The van der Waals surface area contributed by atoms with Crippen molar-refractivity contribution in [3.8, 4) is 44.8 Å². The van der Waals surface area contributed by atoms with Crippen LogP contribution in [0.3, 0.4) is 0 Å². The first kappa shape index (κ1) is 31.8. The first-order valence-electron chi connectivity index (χ1n) is 17.8. The molecule has 0 saturated heterocycles. The molecule has 248 valence electrons. The summed E-state index contributed by atoms with van der Waals surface area (Å²) in [6.07, 6.45) is 0. The molecule has 2 heterocycles. The van der Waals surface area contributed by atoms with E-state index in [1.54, 1.807) is 0 Å². The van der Waals surface area contributed by atoms with Gasteiger partial charge in [0.1, 0.15) is 16.7 Å². The number of benzene rings is 6. The van der Waals surface area contributed by atoms with Gasteiger partial charge in [-0.1, -0.05) is 146 Å². The number of aromatic nitrogens is 1. The van der Waals surface area contributed by atoms with Gasteiger partial charge in [-0.15, -0.1) is 0 Å². The number of para-hydroxylation sites is 2. The number of hydrogen-bond acceptors (Lipinski definition) is 3. The second-order valence-electron chi connectivity index (χ2n) is 15.2. The van der Waals surface area contributed by atoms with Gasteiger partial charge in [-0.25, -0.2) is 4.98 Å². The van der Waals surface area contributed by atoms with Gasteiger partial charge in [0.25, 0.3) is 0 Å². The maximum absolute atomic E-state index is 6.80. The summed E-state index contributed by atoms with van der Waals surface area (Å²) in [5.41, 5.74) is 15.3. The number of rotatable bonds is 6. The van der Waals surface area contributed by atoms with E-state index in [-0.39, 0.29) is 5.41 Å². The Morgan fingerprint density at radius 1 is 0.520 bits per heavy atom. The Hall–Kier alpha value is -5.41. The maximum atomic E-state index is 6.80. The van der Waals surface area contributed by atoms with Crippen LogP contribution in [0.1, 0.15) is 77.0 Å². The Morgan fingerprint density at radius 3 is 1.84 bits per heavy atom. The molecule has 50 heavy (non-hydrogen) atoms. The molecule has 0 saturated carbocycles. The van der Waals surface area contributed by atoms with Crippen molar-refractivity contribution in [2.75, 3.05) is 0 Å². The van der Waals surface area contributed by atoms with E-state index in [1.165, 1.54) is 33.4 Å². The van der Waals surface area contributed by atoms with Gasteiger partial charge < -0.3 is 8.83 Å². The Balaban J connectivity index is 1.27. The molecule has 0 aliphatic carbocycles. The highest BCUT2D eigenvalue weighted by Gasteiger charge is 2.24. The van der Waals surface area contributed by atoms with E-state index < -0.39 is 0 Å². The number of hydrogen-bond donors (Lipinski definition) is 0. The van der Waals surface area contributed by atoms with E-state index in [1.807, 2.05) is 18.2 Å². The van der Waals surface area contributed by atoms with E-state index in [0.717, 1.165) is 55.3 Å². The summed E-state index contributed by atoms with van der Waals surface area (Å²) < 4.78 is 13.4. The third-order valence-corrected chi connectivity index (χ3v) is 10.0. The summed E-state index contributed by atoms with van der Waals surface area (Å²) in [4.78, 5) is 5.07. The van der Waals surface area contributed by atoms with Crippen molar-refractivity contribution >= 4 is 33.0 Å². The summed E-state index contributed by atoms with van der Waals surface area (Å²) in [6, 6.07) is 43.3. The Kier molecular flexibility index (Phi) is 7.75. The minimum atomic E-state index is 0.116. The lowest BCUT2D eigenvalue weighted by Crippen LogP contribution is -2.10. The Labute approximate surface area is 294 Å². The molecule has 8 rings (SSSR count). The minimum absolute atomic E-state index is 0.116. The van der Waals surface area contributed by atoms with Crippen molar-refractivity contribution in [1.29, 1.82) is 0 Å². The molecular weight excluding hydrogens is 611 g/mol. The SMILES string of the molecule is CC(C)c1cc(-c2ccc(C(C)(C)C)cc2)cc(C(C)C)c1-c1cccc2nc(-c3cccc4c3oc3cc(-c5ccccc5)ccc34)oc12. The van der Waals surface area contributed by atoms with Crippen LogP contribution in [0.15, 0.2) is 130 Å². The standard InChI is InChI=1S/C47H43NO2/c1-28(2)39-25-33(31-19-22-34(23-20-31)47(5,6)7)26-40(29(3)4)43(39)37-16-12-18-41-45(37)50-46(48-41)38-17-11-15-36-35-24-21-32(27-42(35)49-44(36)38)30-13-9-8-10-14-30/h8-29H,1-7H3. The molecular formula is C47H43NO2. The first-order valence-corrected chi connectivity index (χ1v) is 17.8. The molecule has 0 N–H and O–H groups in total. The number of furan rings is 1. The van der Waals surface area contributed by atoms with Crippen LogP contribution in [-0.4, -0.2) is 4.98 Å². The van der Waals surface area contributed by atoms with Gasteiger partial charge in [0, 0.05) is 16.3 Å². The van der Waals surface area contributed by atoms with Gasteiger partial charge in [0.05, 0.1) is 5.56 Å².